The highest BCUT2D eigenvalue weighted by Crippen LogP contribution is 2.13. The van der Waals surface area contributed by atoms with Gasteiger partial charge in [-0.3, -0.25) is 9.59 Å². The van der Waals surface area contributed by atoms with Crippen LogP contribution in [-0.2, 0) is 9.59 Å². The summed E-state index contributed by atoms with van der Waals surface area (Å²) in [5.41, 5.74) is -0.719. The van der Waals surface area contributed by atoms with Crippen molar-refractivity contribution in [1.82, 2.24) is 15.5 Å². The molecule has 0 radical (unpaired) electrons. The molecule has 7 heteroatoms. The van der Waals surface area contributed by atoms with Crippen LogP contribution in [0.2, 0.25) is 0 Å². The molecule has 7 nitrogen and oxygen atoms in total. The van der Waals surface area contributed by atoms with Crippen LogP contribution in [0.5, 0.6) is 0 Å². The van der Waals surface area contributed by atoms with Gasteiger partial charge in [-0.25, -0.2) is 4.79 Å². The third-order valence-corrected chi connectivity index (χ3v) is 2.84. The molecule has 0 aliphatic carbocycles. The number of rotatable bonds is 6. The van der Waals surface area contributed by atoms with E-state index in [2.05, 4.69) is 10.6 Å². The SMILES string of the molecule is CNC(=O)C(C)(C)CNC(=O)N(C)CC(C)C(=O)O. The number of carboxylic acids is 1. The first-order valence-corrected chi connectivity index (χ1v) is 6.05. The van der Waals surface area contributed by atoms with Gasteiger partial charge < -0.3 is 20.6 Å². The molecule has 1 unspecified atom stereocenters. The van der Waals surface area contributed by atoms with Gasteiger partial charge in [0.15, 0.2) is 0 Å². The van der Waals surface area contributed by atoms with Gasteiger partial charge in [0.25, 0.3) is 0 Å². The van der Waals surface area contributed by atoms with Gasteiger partial charge in [-0.15, -0.1) is 0 Å². The number of hydrogen-bond donors (Lipinski definition) is 3. The summed E-state index contributed by atoms with van der Waals surface area (Å²) in [5, 5.41) is 13.9. The van der Waals surface area contributed by atoms with E-state index in [0.717, 1.165) is 0 Å². The van der Waals surface area contributed by atoms with Crippen LogP contribution in [0.4, 0.5) is 4.79 Å². The minimum atomic E-state index is -0.953. The molecule has 19 heavy (non-hydrogen) atoms. The van der Waals surface area contributed by atoms with E-state index < -0.39 is 23.3 Å². The smallest absolute Gasteiger partial charge is 0.317 e. The van der Waals surface area contributed by atoms with E-state index in [9.17, 15) is 14.4 Å². The van der Waals surface area contributed by atoms with Crippen molar-refractivity contribution in [2.24, 2.45) is 11.3 Å². The largest absolute Gasteiger partial charge is 0.481 e. The predicted octanol–water partition coefficient (Wildman–Crippen LogP) is 0.121. The first-order valence-electron chi connectivity index (χ1n) is 6.05. The van der Waals surface area contributed by atoms with Crippen LogP contribution in [0.15, 0.2) is 0 Å². The van der Waals surface area contributed by atoms with Crippen molar-refractivity contribution in [2.45, 2.75) is 20.8 Å². The Morgan fingerprint density at radius 3 is 2.26 bits per heavy atom. The zero-order valence-corrected chi connectivity index (χ0v) is 12.1. The Morgan fingerprint density at radius 2 is 1.84 bits per heavy atom. The van der Waals surface area contributed by atoms with E-state index in [1.165, 1.54) is 25.9 Å². The minimum absolute atomic E-state index is 0.113. The summed E-state index contributed by atoms with van der Waals surface area (Å²) in [7, 11) is 3.05. The fourth-order valence-corrected chi connectivity index (χ4v) is 1.42. The third-order valence-electron chi connectivity index (χ3n) is 2.84. The fraction of sp³-hybridized carbons (Fsp3) is 0.750. The van der Waals surface area contributed by atoms with Gasteiger partial charge in [-0.2, -0.15) is 0 Å². The lowest BCUT2D eigenvalue weighted by Crippen LogP contribution is -2.47. The normalized spacial score (nSPS) is 12.5. The number of amides is 3. The second-order valence-corrected chi connectivity index (χ2v) is 5.24. The van der Waals surface area contributed by atoms with Crippen LogP contribution in [0.3, 0.4) is 0 Å². The maximum atomic E-state index is 11.7. The Hall–Kier alpha value is -1.79. The van der Waals surface area contributed by atoms with Gasteiger partial charge >= 0.3 is 12.0 Å². The van der Waals surface area contributed by atoms with Crippen LogP contribution in [-0.4, -0.2) is 55.1 Å². The van der Waals surface area contributed by atoms with E-state index in [0.29, 0.717) is 0 Å². The quantitative estimate of drug-likeness (QED) is 0.640. The predicted molar refractivity (Wildman–Crippen MR) is 70.7 cm³/mol. The zero-order chi connectivity index (χ0) is 15.2. The van der Waals surface area contributed by atoms with Crippen LogP contribution in [0, 0.1) is 11.3 Å². The second kappa shape index (κ2) is 6.96. The van der Waals surface area contributed by atoms with Crippen LogP contribution in [0.25, 0.3) is 0 Å². The van der Waals surface area contributed by atoms with Gasteiger partial charge in [0.05, 0.1) is 11.3 Å². The van der Waals surface area contributed by atoms with Crippen LogP contribution in [0.1, 0.15) is 20.8 Å². The minimum Gasteiger partial charge on any atom is -0.481 e. The average Bonchev–Trinajstić information content (AvgIpc) is 2.34. The number of hydrogen-bond acceptors (Lipinski definition) is 3. The summed E-state index contributed by atoms with van der Waals surface area (Å²) in [5.74, 6) is -1.76. The van der Waals surface area contributed by atoms with Crippen molar-refractivity contribution >= 4 is 17.9 Å². The monoisotopic (exact) mass is 273 g/mol. The number of aliphatic carboxylic acids is 1. The highest BCUT2D eigenvalue weighted by atomic mass is 16.4. The van der Waals surface area contributed by atoms with Crippen molar-refractivity contribution in [1.29, 1.82) is 0 Å². The maximum absolute atomic E-state index is 11.7. The number of nitrogens with zero attached hydrogens (tertiary/aromatic N) is 1. The topological polar surface area (TPSA) is 98.7 Å². The Balaban J connectivity index is 4.32. The molecule has 0 spiro atoms. The van der Waals surface area contributed by atoms with Crippen molar-refractivity contribution in [3.05, 3.63) is 0 Å². The average molecular weight is 273 g/mol. The molecule has 0 aliphatic heterocycles. The summed E-state index contributed by atoms with van der Waals surface area (Å²) >= 11 is 0. The van der Waals surface area contributed by atoms with Crippen LogP contribution < -0.4 is 10.6 Å². The molecule has 0 aromatic carbocycles. The summed E-state index contributed by atoms with van der Waals surface area (Å²) < 4.78 is 0. The van der Waals surface area contributed by atoms with Gasteiger partial charge in [0.2, 0.25) is 5.91 Å². The van der Waals surface area contributed by atoms with Gasteiger partial charge in [-0.05, 0) is 13.8 Å². The number of carboxylic acid groups (broad SMARTS) is 1. The highest BCUT2D eigenvalue weighted by molar-refractivity contribution is 5.83. The Morgan fingerprint density at radius 1 is 1.32 bits per heavy atom. The van der Waals surface area contributed by atoms with Crippen molar-refractivity contribution in [2.75, 3.05) is 27.2 Å². The Kier molecular flexibility index (Phi) is 6.31. The van der Waals surface area contributed by atoms with Crippen molar-refractivity contribution < 1.29 is 19.5 Å². The summed E-state index contributed by atoms with van der Waals surface area (Å²) in [4.78, 5) is 35.3. The number of carbonyl (C=O) groups excluding carboxylic acids is 2. The molecule has 3 N–H and O–H groups in total. The molecule has 0 aliphatic rings. The van der Waals surface area contributed by atoms with Crippen molar-refractivity contribution in [3.63, 3.8) is 0 Å². The van der Waals surface area contributed by atoms with Gasteiger partial charge in [0, 0.05) is 27.2 Å². The lowest BCUT2D eigenvalue weighted by molar-refractivity contribution is -0.141. The molecular weight excluding hydrogens is 250 g/mol. The van der Waals surface area contributed by atoms with E-state index in [4.69, 9.17) is 5.11 Å². The molecule has 0 heterocycles. The van der Waals surface area contributed by atoms with Gasteiger partial charge in [-0.1, -0.05) is 6.92 Å². The lowest BCUT2D eigenvalue weighted by Gasteiger charge is -2.25. The summed E-state index contributed by atoms with van der Waals surface area (Å²) in [6.45, 7) is 5.25. The first kappa shape index (κ1) is 17.2. The standard InChI is InChI=1S/C12H23N3O4/c1-8(9(16)17)6-15(5)11(19)14-7-12(2,3)10(18)13-4/h8H,6-7H2,1-5H3,(H,13,18)(H,14,19)(H,16,17). The molecule has 0 fully saturated rings. The van der Waals surface area contributed by atoms with Gasteiger partial charge in [0.1, 0.15) is 0 Å². The molecule has 0 aromatic rings. The molecule has 1 atom stereocenters. The molecule has 0 saturated carbocycles. The zero-order valence-electron chi connectivity index (χ0n) is 12.1. The summed E-state index contributed by atoms with van der Waals surface area (Å²) in [6, 6.07) is -0.398. The molecular formula is C12H23N3O4. The molecule has 0 saturated heterocycles. The lowest BCUT2D eigenvalue weighted by atomic mass is 9.92. The highest BCUT2D eigenvalue weighted by Gasteiger charge is 2.27. The molecule has 0 rings (SSSR count). The first-order chi connectivity index (χ1) is 8.61. The van der Waals surface area contributed by atoms with Crippen molar-refractivity contribution in [3.8, 4) is 0 Å². The van der Waals surface area contributed by atoms with E-state index in [-0.39, 0.29) is 19.0 Å². The van der Waals surface area contributed by atoms with E-state index in [1.54, 1.807) is 13.8 Å². The third kappa shape index (κ3) is 5.58. The second-order valence-electron chi connectivity index (χ2n) is 5.24. The summed E-state index contributed by atoms with van der Waals surface area (Å²) in [6.07, 6.45) is 0. The number of carbonyl (C=O) groups is 3. The van der Waals surface area contributed by atoms with E-state index >= 15 is 0 Å². The maximum Gasteiger partial charge on any atom is 0.317 e. The molecule has 110 valence electrons. The Labute approximate surface area is 113 Å². The number of urea groups is 1. The molecule has 0 bridgehead atoms. The number of nitrogens with one attached hydrogen (secondary N) is 2. The Bertz CT molecular complexity index is 355. The molecule has 3 amide bonds. The van der Waals surface area contributed by atoms with E-state index in [1.807, 2.05) is 0 Å². The van der Waals surface area contributed by atoms with Crippen LogP contribution >= 0.6 is 0 Å². The fourth-order valence-electron chi connectivity index (χ4n) is 1.42. The molecule has 0 aromatic heterocycles.